The van der Waals surface area contributed by atoms with Crippen LogP contribution in [0.25, 0.3) is 0 Å². The molecule has 80 valence electrons. The number of rotatable bonds is 0. The lowest BCUT2D eigenvalue weighted by molar-refractivity contribution is 0.745. The third-order valence-electron chi connectivity index (χ3n) is 2.32. The summed E-state index contributed by atoms with van der Waals surface area (Å²) in [6, 6.07) is 2.14. The molecule has 0 bridgehead atoms. The molecule has 1 heterocycles. The lowest BCUT2D eigenvalue weighted by Gasteiger charge is -2.00. The van der Waals surface area contributed by atoms with Gasteiger partial charge < -0.3 is 0 Å². The fraction of sp³-hybridized carbons (Fsp3) is 0.615. The van der Waals surface area contributed by atoms with Gasteiger partial charge in [-0.1, -0.05) is 34.6 Å². The average molecular weight is 193 g/mol. The van der Waals surface area contributed by atoms with Crippen LogP contribution >= 0.6 is 0 Å². The molecule has 0 saturated heterocycles. The highest BCUT2D eigenvalue weighted by Gasteiger charge is 2.17. The Kier molecular flexibility index (Phi) is 7.09. The minimum absolute atomic E-state index is 0.740. The minimum Gasteiger partial charge on any atom is -0.264 e. The van der Waals surface area contributed by atoms with Crippen LogP contribution in [0.5, 0.6) is 0 Å². The smallest absolute Gasteiger partial charge is 0.0305 e. The van der Waals surface area contributed by atoms with Crippen molar-refractivity contribution in [3.05, 3.63) is 29.6 Å². The highest BCUT2D eigenvalue weighted by molar-refractivity contribution is 5.31. The van der Waals surface area contributed by atoms with Crippen LogP contribution < -0.4 is 0 Å². The van der Waals surface area contributed by atoms with Gasteiger partial charge in [0.05, 0.1) is 0 Å². The number of nitrogens with zero attached hydrogens (tertiary/aromatic N) is 1. The maximum atomic E-state index is 4.11. The van der Waals surface area contributed by atoms with E-state index < -0.39 is 0 Å². The van der Waals surface area contributed by atoms with Gasteiger partial charge in [0.2, 0.25) is 0 Å². The molecule has 2 rings (SSSR count). The summed E-state index contributed by atoms with van der Waals surface area (Å²) >= 11 is 0. The molecule has 1 aliphatic rings. The Balaban J connectivity index is 0.000000379. The predicted octanol–water partition coefficient (Wildman–Crippen LogP) is 4.18. The Morgan fingerprint density at radius 2 is 1.86 bits per heavy atom. The molecule has 1 atom stereocenters. The summed E-state index contributed by atoms with van der Waals surface area (Å²) in [6.45, 7) is 10.3. The number of pyridine rings is 1. The second-order valence-corrected chi connectivity index (χ2v) is 3.01. The van der Waals surface area contributed by atoms with Crippen LogP contribution in [0.15, 0.2) is 18.5 Å². The third kappa shape index (κ3) is 3.13. The lowest BCUT2D eigenvalue weighted by Crippen LogP contribution is -1.86. The van der Waals surface area contributed by atoms with E-state index in [0.717, 1.165) is 5.92 Å². The van der Waals surface area contributed by atoms with Crippen molar-refractivity contribution < 1.29 is 0 Å². The third-order valence-corrected chi connectivity index (χ3v) is 2.32. The zero-order valence-electron chi connectivity index (χ0n) is 10.2. The van der Waals surface area contributed by atoms with Gasteiger partial charge in [-0.15, -0.1) is 0 Å². The van der Waals surface area contributed by atoms with E-state index in [1.807, 2.05) is 40.1 Å². The highest BCUT2D eigenvalue weighted by atomic mass is 14.6. The van der Waals surface area contributed by atoms with Gasteiger partial charge in [-0.2, -0.15) is 0 Å². The molecule has 0 amide bonds. The van der Waals surface area contributed by atoms with Crippen molar-refractivity contribution in [3.8, 4) is 0 Å². The van der Waals surface area contributed by atoms with Crippen molar-refractivity contribution in [2.24, 2.45) is 0 Å². The van der Waals surface area contributed by atoms with Crippen molar-refractivity contribution in [2.75, 3.05) is 0 Å². The predicted molar refractivity (Wildman–Crippen MR) is 63.7 cm³/mol. The highest BCUT2D eigenvalue weighted by Crippen LogP contribution is 2.30. The van der Waals surface area contributed by atoms with E-state index in [2.05, 4.69) is 18.0 Å². The molecule has 0 aliphatic heterocycles. The second kappa shape index (κ2) is 7.54. The van der Waals surface area contributed by atoms with Gasteiger partial charge in [0.25, 0.3) is 0 Å². The standard InChI is InChI=1S/C9H11N.2C2H6/c1-7-2-3-8-4-5-10-6-9(7)8;2*1-2/h4-7H,2-3H2,1H3;2*1-2H3. The summed E-state index contributed by atoms with van der Waals surface area (Å²) in [5, 5.41) is 0. The van der Waals surface area contributed by atoms with Gasteiger partial charge in [0.1, 0.15) is 0 Å². The van der Waals surface area contributed by atoms with E-state index in [9.17, 15) is 0 Å². The molecule has 14 heavy (non-hydrogen) atoms. The molecule has 1 aliphatic carbocycles. The number of hydrogen-bond donors (Lipinski definition) is 0. The van der Waals surface area contributed by atoms with Crippen LogP contribution in [0.2, 0.25) is 0 Å². The Hall–Kier alpha value is -0.850. The largest absolute Gasteiger partial charge is 0.264 e. The molecule has 0 spiro atoms. The normalized spacial score (nSPS) is 17.1. The quantitative estimate of drug-likeness (QED) is 0.602. The second-order valence-electron chi connectivity index (χ2n) is 3.01. The fourth-order valence-electron chi connectivity index (χ4n) is 1.63. The van der Waals surface area contributed by atoms with Gasteiger partial charge in [0, 0.05) is 12.4 Å². The summed E-state index contributed by atoms with van der Waals surface area (Å²) in [6.07, 6.45) is 6.45. The molecule has 0 N–H and O–H groups in total. The van der Waals surface area contributed by atoms with E-state index in [4.69, 9.17) is 0 Å². The van der Waals surface area contributed by atoms with Crippen LogP contribution in [0.3, 0.4) is 0 Å². The first-order valence-electron chi connectivity index (χ1n) is 5.80. The minimum atomic E-state index is 0.740. The molecule has 1 heteroatoms. The molecular formula is C13H23N. The van der Waals surface area contributed by atoms with Gasteiger partial charge in [-0.05, 0) is 36.0 Å². The summed E-state index contributed by atoms with van der Waals surface area (Å²) in [5.41, 5.74) is 2.96. The number of fused-ring (bicyclic) bond motifs is 1. The van der Waals surface area contributed by atoms with Gasteiger partial charge in [-0.25, -0.2) is 0 Å². The van der Waals surface area contributed by atoms with Crippen molar-refractivity contribution in [1.82, 2.24) is 4.98 Å². The lowest BCUT2D eigenvalue weighted by atomic mass is 10.1. The van der Waals surface area contributed by atoms with Crippen LogP contribution in [0.1, 0.15) is 58.1 Å². The van der Waals surface area contributed by atoms with Crippen molar-refractivity contribution in [1.29, 1.82) is 0 Å². The van der Waals surface area contributed by atoms with Crippen LogP contribution in [0.4, 0.5) is 0 Å². The van der Waals surface area contributed by atoms with Crippen molar-refractivity contribution in [3.63, 3.8) is 0 Å². The zero-order valence-corrected chi connectivity index (χ0v) is 10.2. The molecule has 1 unspecified atom stereocenters. The first-order valence-corrected chi connectivity index (χ1v) is 5.80. The maximum Gasteiger partial charge on any atom is 0.0305 e. The Bertz CT molecular complexity index is 243. The molecule has 0 saturated carbocycles. The molecular weight excluding hydrogens is 170 g/mol. The van der Waals surface area contributed by atoms with E-state index >= 15 is 0 Å². The number of aromatic nitrogens is 1. The van der Waals surface area contributed by atoms with Crippen molar-refractivity contribution >= 4 is 0 Å². The van der Waals surface area contributed by atoms with E-state index in [-0.39, 0.29) is 0 Å². The first kappa shape index (κ1) is 13.2. The molecule has 1 aromatic heterocycles. The maximum absolute atomic E-state index is 4.11. The van der Waals surface area contributed by atoms with E-state index in [1.54, 1.807) is 0 Å². The molecule has 1 nitrogen and oxygen atoms in total. The summed E-state index contributed by atoms with van der Waals surface area (Å²) in [7, 11) is 0. The van der Waals surface area contributed by atoms with Gasteiger partial charge in [0.15, 0.2) is 0 Å². The van der Waals surface area contributed by atoms with Gasteiger partial charge >= 0.3 is 0 Å². The first-order chi connectivity index (χ1) is 6.88. The fourth-order valence-corrected chi connectivity index (χ4v) is 1.63. The molecule has 0 radical (unpaired) electrons. The number of hydrogen-bond acceptors (Lipinski definition) is 1. The average Bonchev–Trinajstić information content (AvgIpc) is 2.67. The van der Waals surface area contributed by atoms with Crippen LogP contribution in [-0.2, 0) is 6.42 Å². The topological polar surface area (TPSA) is 12.9 Å². The summed E-state index contributed by atoms with van der Waals surface area (Å²) in [5.74, 6) is 0.740. The number of aryl methyl sites for hydroxylation is 1. The zero-order chi connectivity index (χ0) is 11.0. The van der Waals surface area contributed by atoms with Gasteiger partial charge in [-0.3, -0.25) is 4.98 Å². The summed E-state index contributed by atoms with van der Waals surface area (Å²) < 4.78 is 0. The SMILES string of the molecule is CC.CC.CC1CCc2ccncc21. The monoisotopic (exact) mass is 193 g/mol. The van der Waals surface area contributed by atoms with Crippen LogP contribution in [0, 0.1) is 0 Å². The van der Waals surface area contributed by atoms with E-state index in [1.165, 1.54) is 24.0 Å². The Morgan fingerprint density at radius 1 is 1.21 bits per heavy atom. The molecule has 0 aromatic carbocycles. The Morgan fingerprint density at radius 3 is 2.43 bits per heavy atom. The van der Waals surface area contributed by atoms with Crippen molar-refractivity contribution in [2.45, 2.75) is 53.4 Å². The molecule has 1 aromatic rings. The van der Waals surface area contributed by atoms with Crippen LogP contribution in [-0.4, -0.2) is 4.98 Å². The molecule has 0 fully saturated rings. The van der Waals surface area contributed by atoms with E-state index in [0.29, 0.717) is 0 Å². The summed E-state index contributed by atoms with van der Waals surface area (Å²) in [4.78, 5) is 4.11. The Labute approximate surface area is 88.6 Å².